The van der Waals surface area contributed by atoms with Crippen molar-refractivity contribution in [2.75, 3.05) is 0 Å². The van der Waals surface area contributed by atoms with E-state index in [4.69, 9.17) is 16.3 Å². The summed E-state index contributed by atoms with van der Waals surface area (Å²) in [5.74, 6) is -0.199. The summed E-state index contributed by atoms with van der Waals surface area (Å²) in [6.45, 7) is 5.79. The van der Waals surface area contributed by atoms with Gasteiger partial charge in [-0.2, -0.15) is 0 Å². The summed E-state index contributed by atoms with van der Waals surface area (Å²) >= 11 is 5.55. The van der Waals surface area contributed by atoms with Gasteiger partial charge in [0.1, 0.15) is 6.10 Å². The van der Waals surface area contributed by atoms with Crippen LogP contribution in [-0.4, -0.2) is 22.3 Å². The zero-order valence-corrected chi connectivity index (χ0v) is 9.65. The van der Waals surface area contributed by atoms with Crippen molar-refractivity contribution in [2.24, 2.45) is 5.92 Å². The second-order valence-electron chi connectivity index (χ2n) is 3.60. The molecule has 0 saturated carbocycles. The van der Waals surface area contributed by atoms with Gasteiger partial charge >= 0.3 is 5.97 Å². The molecule has 5 heteroatoms. The summed E-state index contributed by atoms with van der Waals surface area (Å²) < 4.78 is 5.15. The monoisotopic (exact) mass is 228 g/mol. The van der Waals surface area contributed by atoms with Crippen LogP contribution >= 0.6 is 11.6 Å². The van der Waals surface area contributed by atoms with Crippen molar-refractivity contribution in [2.45, 2.75) is 26.9 Å². The van der Waals surface area contributed by atoms with Crippen LogP contribution < -0.4 is 0 Å². The fraction of sp³-hybridized carbons (Fsp3) is 0.500. The Hall–Kier alpha value is -1.16. The smallest absolute Gasteiger partial charge is 0.359 e. The number of hydrogen-bond donors (Lipinski definition) is 0. The molecular weight excluding hydrogens is 216 g/mol. The highest BCUT2D eigenvalue weighted by Crippen LogP contribution is 2.09. The van der Waals surface area contributed by atoms with Crippen LogP contribution in [0, 0.1) is 5.92 Å². The van der Waals surface area contributed by atoms with Crippen LogP contribution in [0.2, 0.25) is 5.15 Å². The Morgan fingerprint density at radius 3 is 2.47 bits per heavy atom. The molecule has 1 atom stereocenters. The van der Waals surface area contributed by atoms with Gasteiger partial charge in [0.25, 0.3) is 0 Å². The van der Waals surface area contributed by atoms with E-state index in [1.807, 2.05) is 20.8 Å². The Bertz CT molecular complexity index is 338. The molecule has 0 aliphatic heterocycles. The lowest BCUT2D eigenvalue weighted by Gasteiger charge is -2.15. The van der Waals surface area contributed by atoms with Gasteiger partial charge < -0.3 is 4.74 Å². The van der Waals surface area contributed by atoms with Crippen LogP contribution in [0.5, 0.6) is 0 Å². The van der Waals surface area contributed by atoms with Crippen molar-refractivity contribution < 1.29 is 9.53 Å². The number of esters is 1. The Morgan fingerprint density at radius 2 is 2.00 bits per heavy atom. The third-order valence-corrected chi connectivity index (χ3v) is 2.27. The Labute approximate surface area is 93.6 Å². The molecule has 4 nitrogen and oxygen atoms in total. The molecule has 0 aromatic carbocycles. The van der Waals surface area contributed by atoms with Crippen molar-refractivity contribution in [3.8, 4) is 0 Å². The van der Waals surface area contributed by atoms with E-state index in [-0.39, 0.29) is 22.9 Å². The van der Waals surface area contributed by atoms with Crippen LogP contribution in [-0.2, 0) is 4.74 Å². The van der Waals surface area contributed by atoms with E-state index in [9.17, 15) is 4.79 Å². The largest absolute Gasteiger partial charge is 0.458 e. The predicted molar refractivity (Wildman–Crippen MR) is 56.8 cm³/mol. The van der Waals surface area contributed by atoms with Crippen molar-refractivity contribution in [3.05, 3.63) is 23.0 Å². The molecule has 0 N–H and O–H groups in total. The first kappa shape index (κ1) is 11.9. The third kappa shape index (κ3) is 3.47. The fourth-order valence-corrected chi connectivity index (χ4v) is 0.891. The van der Waals surface area contributed by atoms with Gasteiger partial charge in [0.15, 0.2) is 10.8 Å². The minimum atomic E-state index is -0.472. The standard InChI is InChI=1S/C10H13ClN2O2/c1-6(2)7(3)15-10(14)8-4-5-9(11)13-12-8/h4-7H,1-3H3. The Kier molecular flexibility index (Phi) is 4.03. The number of ether oxygens (including phenoxy) is 1. The number of halogens is 1. The molecule has 0 saturated heterocycles. The molecule has 1 unspecified atom stereocenters. The summed E-state index contributed by atoms with van der Waals surface area (Å²) in [4.78, 5) is 11.5. The van der Waals surface area contributed by atoms with E-state index in [1.54, 1.807) is 0 Å². The first-order valence-corrected chi connectivity index (χ1v) is 5.08. The van der Waals surface area contributed by atoms with Crippen molar-refractivity contribution >= 4 is 17.6 Å². The average molecular weight is 229 g/mol. The molecule has 1 rings (SSSR count). The van der Waals surface area contributed by atoms with Gasteiger partial charge in [-0.15, -0.1) is 10.2 Å². The topological polar surface area (TPSA) is 52.1 Å². The van der Waals surface area contributed by atoms with E-state index in [2.05, 4.69) is 10.2 Å². The van der Waals surface area contributed by atoms with E-state index < -0.39 is 5.97 Å². The zero-order valence-electron chi connectivity index (χ0n) is 8.90. The molecule has 82 valence electrons. The van der Waals surface area contributed by atoms with Gasteiger partial charge in [-0.25, -0.2) is 4.79 Å². The summed E-state index contributed by atoms with van der Waals surface area (Å²) in [6, 6.07) is 3.00. The highest BCUT2D eigenvalue weighted by atomic mass is 35.5. The van der Waals surface area contributed by atoms with Crippen LogP contribution in [0.15, 0.2) is 12.1 Å². The molecule has 0 aliphatic carbocycles. The molecule has 1 aromatic rings. The lowest BCUT2D eigenvalue weighted by atomic mass is 10.1. The number of nitrogens with zero attached hydrogens (tertiary/aromatic N) is 2. The van der Waals surface area contributed by atoms with Gasteiger partial charge in [0.05, 0.1) is 0 Å². The summed E-state index contributed by atoms with van der Waals surface area (Å²) in [6.07, 6.45) is -0.144. The molecule has 0 aliphatic rings. The predicted octanol–water partition coefficient (Wildman–Crippen LogP) is 2.33. The molecule has 15 heavy (non-hydrogen) atoms. The van der Waals surface area contributed by atoms with Gasteiger partial charge in [-0.05, 0) is 25.0 Å². The summed E-state index contributed by atoms with van der Waals surface area (Å²) in [5.41, 5.74) is 0.173. The maximum absolute atomic E-state index is 11.5. The highest BCUT2D eigenvalue weighted by molar-refractivity contribution is 6.29. The Morgan fingerprint density at radius 1 is 1.33 bits per heavy atom. The van der Waals surface area contributed by atoms with Crippen LogP contribution in [0.1, 0.15) is 31.3 Å². The molecule has 1 heterocycles. The molecule has 0 bridgehead atoms. The van der Waals surface area contributed by atoms with E-state index >= 15 is 0 Å². The normalized spacial score (nSPS) is 12.6. The lowest BCUT2D eigenvalue weighted by molar-refractivity contribution is 0.0230. The second-order valence-corrected chi connectivity index (χ2v) is 3.98. The fourth-order valence-electron chi connectivity index (χ4n) is 0.790. The Balaban J connectivity index is 2.65. The molecule has 0 amide bonds. The molecule has 0 spiro atoms. The zero-order chi connectivity index (χ0) is 11.4. The quantitative estimate of drug-likeness (QED) is 0.745. The third-order valence-electron chi connectivity index (χ3n) is 2.07. The van der Waals surface area contributed by atoms with E-state index in [0.29, 0.717) is 0 Å². The van der Waals surface area contributed by atoms with Gasteiger partial charge in [0.2, 0.25) is 0 Å². The number of aromatic nitrogens is 2. The van der Waals surface area contributed by atoms with Gasteiger partial charge in [-0.3, -0.25) is 0 Å². The molecule has 0 fully saturated rings. The first-order chi connectivity index (χ1) is 7.00. The molecule has 0 radical (unpaired) electrons. The molecule has 1 aromatic heterocycles. The van der Waals surface area contributed by atoms with E-state index in [0.717, 1.165) is 0 Å². The van der Waals surface area contributed by atoms with Crippen molar-refractivity contribution in [1.82, 2.24) is 10.2 Å². The average Bonchev–Trinajstić information content (AvgIpc) is 2.18. The van der Waals surface area contributed by atoms with Gasteiger partial charge in [-0.1, -0.05) is 25.4 Å². The minimum Gasteiger partial charge on any atom is -0.458 e. The highest BCUT2D eigenvalue weighted by Gasteiger charge is 2.15. The van der Waals surface area contributed by atoms with E-state index in [1.165, 1.54) is 12.1 Å². The lowest BCUT2D eigenvalue weighted by Crippen LogP contribution is -2.21. The SMILES string of the molecule is CC(C)C(C)OC(=O)c1ccc(Cl)nn1. The summed E-state index contributed by atoms with van der Waals surface area (Å²) in [5, 5.41) is 7.45. The van der Waals surface area contributed by atoms with Crippen molar-refractivity contribution in [3.63, 3.8) is 0 Å². The number of rotatable bonds is 3. The molecular formula is C10H13ClN2O2. The van der Waals surface area contributed by atoms with Crippen molar-refractivity contribution in [1.29, 1.82) is 0 Å². The first-order valence-electron chi connectivity index (χ1n) is 4.71. The van der Waals surface area contributed by atoms with Crippen LogP contribution in [0.3, 0.4) is 0 Å². The number of hydrogen-bond acceptors (Lipinski definition) is 4. The van der Waals surface area contributed by atoms with Crippen LogP contribution in [0.4, 0.5) is 0 Å². The number of carbonyl (C=O) groups excluding carboxylic acids is 1. The number of carbonyl (C=O) groups is 1. The minimum absolute atomic E-state index is 0.144. The maximum Gasteiger partial charge on any atom is 0.359 e. The maximum atomic E-state index is 11.5. The second kappa shape index (κ2) is 5.07. The van der Waals surface area contributed by atoms with Crippen LogP contribution in [0.25, 0.3) is 0 Å². The summed E-state index contributed by atoms with van der Waals surface area (Å²) in [7, 11) is 0. The van der Waals surface area contributed by atoms with Gasteiger partial charge in [0, 0.05) is 0 Å².